The average molecular weight is 352 g/mol. The van der Waals surface area contributed by atoms with Gasteiger partial charge in [-0.3, -0.25) is 9.59 Å². The fraction of sp³-hybridized carbons (Fsp3) is 0.529. The third kappa shape index (κ3) is 4.42. The van der Waals surface area contributed by atoms with Crippen molar-refractivity contribution < 1.29 is 18.0 Å². The molecule has 2 rings (SSSR count). The van der Waals surface area contributed by atoms with Crippen molar-refractivity contribution in [3.8, 4) is 0 Å². The SMILES string of the molecule is CCCS(=O)(=O)N1CCCCC1C(=O)Nc1ccc(C(C)=O)cc1. The van der Waals surface area contributed by atoms with Crippen molar-refractivity contribution >= 4 is 27.4 Å². The van der Waals surface area contributed by atoms with Crippen LogP contribution in [0.15, 0.2) is 24.3 Å². The van der Waals surface area contributed by atoms with Crippen LogP contribution in [-0.4, -0.2) is 42.8 Å². The minimum atomic E-state index is -3.41. The number of carbonyl (C=O) groups excluding carboxylic acids is 2. The zero-order valence-corrected chi connectivity index (χ0v) is 14.9. The van der Waals surface area contributed by atoms with Crippen molar-refractivity contribution in [3.05, 3.63) is 29.8 Å². The van der Waals surface area contributed by atoms with E-state index in [0.29, 0.717) is 30.6 Å². The number of sulfonamides is 1. The lowest BCUT2D eigenvalue weighted by molar-refractivity contribution is -0.120. The highest BCUT2D eigenvalue weighted by molar-refractivity contribution is 7.89. The van der Waals surface area contributed by atoms with Crippen molar-refractivity contribution in [2.45, 2.75) is 45.6 Å². The van der Waals surface area contributed by atoms with Crippen LogP contribution in [0.5, 0.6) is 0 Å². The monoisotopic (exact) mass is 352 g/mol. The van der Waals surface area contributed by atoms with Crippen LogP contribution in [0, 0.1) is 0 Å². The highest BCUT2D eigenvalue weighted by Crippen LogP contribution is 2.23. The van der Waals surface area contributed by atoms with Crippen LogP contribution in [0.2, 0.25) is 0 Å². The Morgan fingerprint density at radius 2 is 1.88 bits per heavy atom. The number of amides is 1. The molecule has 1 aromatic carbocycles. The first-order valence-corrected chi connectivity index (χ1v) is 9.87. The summed E-state index contributed by atoms with van der Waals surface area (Å²) in [4.78, 5) is 23.8. The smallest absolute Gasteiger partial charge is 0.242 e. The fourth-order valence-electron chi connectivity index (χ4n) is 2.89. The molecule has 1 atom stereocenters. The maximum absolute atomic E-state index is 12.6. The van der Waals surface area contributed by atoms with Crippen LogP contribution in [0.4, 0.5) is 5.69 Å². The Morgan fingerprint density at radius 1 is 1.21 bits per heavy atom. The molecule has 1 heterocycles. The van der Waals surface area contributed by atoms with E-state index in [1.54, 1.807) is 24.3 Å². The number of hydrogen-bond acceptors (Lipinski definition) is 4. The van der Waals surface area contributed by atoms with E-state index in [1.165, 1.54) is 11.2 Å². The molecule has 0 aliphatic carbocycles. The normalized spacial score (nSPS) is 19.0. The summed E-state index contributed by atoms with van der Waals surface area (Å²) in [6.07, 6.45) is 2.67. The number of hydrogen-bond donors (Lipinski definition) is 1. The molecule has 132 valence electrons. The van der Waals surface area contributed by atoms with Gasteiger partial charge in [-0.05, 0) is 50.5 Å². The van der Waals surface area contributed by atoms with E-state index in [1.807, 2.05) is 6.92 Å². The minimum absolute atomic E-state index is 0.0445. The second-order valence-corrected chi connectivity index (χ2v) is 8.10. The van der Waals surface area contributed by atoms with E-state index in [9.17, 15) is 18.0 Å². The summed E-state index contributed by atoms with van der Waals surface area (Å²) in [5.74, 6) is -0.300. The van der Waals surface area contributed by atoms with Gasteiger partial charge in [0.1, 0.15) is 6.04 Å². The van der Waals surface area contributed by atoms with Gasteiger partial charge in [0.2, 0.25) is 15.9 Å². The molecule has 1 saturated heterocycles. The number of carbonyl (C=O) groups is 2. The van der Waals surface area contributed by atoms with Gasteiger partial charge in [0, 0.05) is 17.8 Å². The number of ketones is 1. The molecule has 0 radical (unpaired) electrons. The molecule has 1 aromatic rings. The van der Waals surface area contributed by atoms with Crippen LogP contribution in [0.1, 0.15) is 49.9 Å². The van der Waals surface area contributed by atoms with Gasteiger partial charge in [0.05, 0.1) is 5.75 Å². The molecule has 24 heavy (non-hydrogen) atoms. The Kier molecular flexibility index (Phi) is 6.12. The van der Waals surface area contributed by atoms with E-state index in [4.69, 9.17) is 0 Å². The van der Waals surface area contributed by atoms with Crippen LogP contribution < -0.4 is 5.32 Å². The Morgan fingerprint density at radius 3 is 2.46 bits per heavy atom. The standard InChI is InChI=1S/C17H24N2O4S/c1-3-12-24(22,23)19-11-5-4-6-16(19)17(21)18-15-9-7-14(8-10-15)13(2)20/h7-10,16H,3-6,11-12H2,1-2H3,(H,18,21). The predicted octanol–water partition coefficient (Wildman–Crippen LogP) is 2.42. The van der Waals surface area contributed by atoms with Crippen LogP contribution >= 0.6 is 0 Å². The number of rotatable bonds is 6. The van der Waals surface area contributed by atoms with Gasteiger partial charge in [-0.15, -0.1) is 0 Å². The Bertz CT molecular complexity index is 698. The molecule has 0 bridgehead atoms. The largest absolute Gasteiger partial charge is 0.325 e. The molecule has 1 amide bonds. The Balaban J connectivity index is 2.12. The lowest BCUT2D eigenvalue weighted by atomic mass is 10.0. The molecule has 7 heteroatoms. The first-order chi connectivity index (χ1) is 11.3. The molecule has 6 nitrogen and oxygen atoms in total. The van der Waals surface area contributed by atoms with E-state index < -0.39 is 16.1 Å². The predicted molar refractivity (Wildman–Crippen MR) is 93.5 cm³/mol. The third-order valence-electron chi connectivity index (χ3n) is 4.13. The molecular weight excluding hydrogens is 328 g/mol. The zero-order chi connectivity index (χ0) is 17.7. The molecule has 1 unspecified atom stereocenters. The second kappa shape index (κ2) is 7.90. The van der Waals surface area contributed by atoms with Crippen molar-refractivity contribution in [1.29, 1.82) is 0 Å². The second-order valence-electron chi connectivity index (χ2n) is 6.06. The highest BCUT2D eigenvalue weighted by Gasteiger charge is 2.36. The summed E-state index contributed by atoms with van der Waals surface area (Å²) >= 11 is 0. The summed E-state index contributed by atoms with van der Waals surface area (Å²) in [5, 5.41) is 2.77. The van der Waals surface area contributed by atoms with E-state index in [-0.39, 0.29) is 17.4 Å². The Hall–Kier alpha value is -1.73. The topological polar surface area (TPSA) is 83.6 Å². The number of piperidine rings is 1. The number of nitrogens with one attached hydrogen (secondary N) is 1. The summed E-state index contributed by atoms with van der Waals surface area (Å²) < 4.78 is 26.1. The van der Waals surface area contributed by atoms with Gasteiger partial charge in [-0.25, -0.2) is 8.42 Å². The lowest BCUT2D eigenvalue weighted by Gasteiger charge is -2.33. The van der Waals surface area contributed by atoms with Crippen molar-refractivity contribution in [3.63, 3.8) is 0 Å². The van der Waals surface area contributed by atoms with Crippen molar-refractivity contribution in [2.75, 3.05) is 17.6 Å². The summed E-state index contributed by atoms with van der Waals surface area (Å²) in [5.41, 5.74) is 1.13. The van der Waals surface area contributed by atoms with Gasteiger partial charge in [-0.2, -0.15) is 4.31 Å². The van der Waals surface area contributed by atoms with Gasteiger partial charge < -0.3 is 5.32 Å². The summed E-state index contributed by atoms with van der Waals surface area (Å²) in [6, 6.07) is 5.93. The lowest BCUT2D eigenvalue weighted by Crippen LogP contribution is -2.50. The summed E-state index contributed by atoms with van der Waals surface area (Å²) in [7, 11) is -3.41. The fourth-order valence-corrected chi connectivity index (χ4v) is 4.64. The van der Waals surface area contributed by atoms with Crippen LogP contribution in [0.3, 0.4) is 0 Å². The molecule has 0 saturated carbocycles. The molecule has 1 fully saturated rings. The number of Topliss-reactive ketones (excluding diaryl/α,β-unsaturated/α-hetero) is 1. The Labute approximate surface area is 143 Å². The highest BCUT2D eigenvalue weighted by atomic mass is 32.2. The quantitative estimate of drug-likeness (QED) is 0.797. The minimum Gasteiger partial charge on any atom is -0.325 e. The number of nitrogens with zero attached hydrogens (tertiary/aromatic N) is 1. The first-order valence-electron chi connectivity index (χ1n) is 8.26. The van der Waals surface area contributed by atoms with Crippen LogP contribution in [-0.2, 0) is 14.8 Å². The third-order valence-corrected chi connectivity index (χ3v) is 6.21. The molecule has 0 spiro atoms. The molecule has 1 N–H and O–H groups in total. The average Bonchev–Trinajstić information content (AvgIpc) is 2.55. The van der Waals surface area contributed by atoms with E-state index in [2.05, 4.69) is 5.32 Å². The van der Waals surface area contributed by atoms with Gasteiger partial charge in [0.15, 0.2) is 5.78 Å². The number of anilines is 1. The maximum atomic E-state index is 12.6. The molecule has 1 aliphatic rings. The van der Waals surface area contributed by atoms with E-state index >= 15 is 0 Å². The first kappa shape index (κ1) is 18.6. The van der Waals surface area contributed by atoms with Gasteiger partial charge in [0.25, 0.3) is 0 Å². The van der Waals surface area contributed by atoms with Crippen molar-refractivity contribution in [1.82, 2.24) is 4.31 Å². The van der Waals surface area contributed by atoms with Gasteiger partial charge >= 0.3 is 0 Å². The summed E-state index contributed by atoms with van der Waals surface area (Å²) in [6.45, 7) is 3.68. The maximum Gasteiger partial charge on any atom is 0.242 e. The van der Waals surface area contributed by atoms with Gasteiger partial charge in [-0.1, -0.05) is 13.3 Å². The molecule has 1 aliphatic heterocycles. The zero-order valence-electron chi connectivity index (χ0n) is 14.1. The van der Waals surface area contributed by atoms with Crippen molar-refractivity contribution in [2.24, 2.45) is 0 Å². The molecule has 0 aromatic heterocycles. The number of benzene rings is 1. The molecular formula is C17H24N2O4S. The van der Waals surface area contributed by atoms with E-state index in [0.717, 1.165) is 12.8 Å². The van der Waals surface area contributed by atoms with Crippen LogP contribution in [0.25, 0.3) is 0 Å².